The number of fused-ring (bicyclic) bond motifs is 2. The van der Waals surface area contributed by atoms with Gasteiger partial charge in [0.2, 0.25) is 0 Å². The molecule has 1 aromatic heterocycles. The maximum atomic E-state index is 5.63. The Labute approximate surface area is 159 Å². The minimum absolute atomic E-state index is 0.311. The van der Waals surface area contributed by atoms with Gasteiger partial charge in [0.25, 0.3) is 0 Å². The number of hydrogen-bond donors (Lipinski definition) is 1. The van der Waals surface area contributed by atoms with E-state index in [9.17, 15) is 0 Å². The predicted molar refractivity (Wildman–Crippen MR) is 107 cm³/mol. The van der Waals surface area contributed by atoms with Crippen molar-refractivity contribution in [1.82, 2.24) is 9.97 Å². The molecule has 3 aromatic rings. The van der Waals surface area contributed by atoms with E-state index in [-0.39, 0.29) is 0 Å². The first-order valence-corrected chi connectivity index (χ1v) is 9.72. The summed E-state index contributed by atoms with van der Waals surface area (Å²) in [7, 11) is 0. The zero-order valence-corrected chi connectivity index (χ0v) is 15.5. The van der Waals surface area contributed by atoms with Crippen molar-refractivity contribution in [1.29, 1.82) is 0 Å². The van der Waals surface area contributed by atoms with Crippen molar-refractivity contribution in [3.8, 4) is 17.0 Å². The molecule has 1 aliphatic heterocycles. The molecule has 2 aliphatic rings. The van der Waals surface area contributed by atoms with Crippen molar-refractivity contribution in [2.24, 2.45) is 0 Å². The summed E-state index contributed by atoms with van der Waals surface area (Å²) in [5.74, 6) is 2.69. The Bertz CT molecular complexity index is 999. The van der Waals surface area contributed by atoms with Crippen LogP contribution in [0, 0.1) is 6.92 Å². The summed E-state index contributed by atoms with van der Waals surface area (Å²) in [5, 5.41) is 3.66. The van der Waals surface area contributed by atoms with Crippen molar-refractivity contribution < 1.29 is 4.74 Å². The summed E-state index contributed by atoms with van der Waals surface area (Å²) in [6, 6.07) is 17.5. The molecule has 0 amide bonds. The Morgan fingerprint density at radius 1 is 1.00 bits per heavy atom. The van der Waals surface area contributed by atoms with Gasteiger partial charge in [0.05, 0.1) is 18.3 Å². The van der Waals surface area contributed by atoms with Gasteiger partial charge in [0.15, 0.2) is 0 Å². The van der Waals surface area contributed by atoms with Crippen molar-refractivity contribution in [3.05, 3.63) is 71.0 Å². The van der Waals surface area contributed by atoms with Gasteiger partial charge in [-0.15, -0.1) is 0 Å². The molecule has 5 rings (SSSR count). The van der Waals surface area contributed by atoms with E-state index < -0.39 is 0 Å². The number of rotatable bonds is 3. The molecule has 4 nitrogen and oxygen atoms in total. The summed E-state index contributed by atoms with van der Waals surface area (Å²) in [6.07, 6.45) is 4.47. The van der Waals surface area contributed by atoms with Crippen molar-refractivity contribution >= 4 is 5.82 Å². The lowest BCUT2D eigenvalue weighted by atomic mass is 9.88. The number of anilines is 1. The van der Waals surface area contributed by atoms with Gasteiger partial charge < -0.3 is 10.1 Å². The van der Waals surface area contributed by atoms with E-state index in [1.165, 1.54) is 29.5 Å². The Hall–Kier alpha value is -2.88. The van der Waals surface area contributed by atoms with Crippen molar-refractivity contribution in [3.63, 3.8) is 0 Å². The van der Waals surface area contributed by atoms with Crippen LogP contribution in [0.3, 0.4) is 0 Å². The van der Waals surface area contributed by atoms with E-state index in [1.807, 2.05) is 6.92 Å². The smallest absolute Gasteiger partial charge is 0.130 e. The minimum Gasteiger partial charge on any atom is -0.493 e. The maximum Gasteiger partial charge on any atom is 0.130 e. The van der Waals surface area contributed by atoms with E-state index in [0.717, 1.165) is 48.1 Å². The Morgan fingerprint density at radius 2 is 1.93 bits per heavy atom. The molecule has 4 heteroatoms. The van der Waals surface area contributed by atoms with Crippen LogP contribution < -0.4 is 10.1 Å². The van der Waals surface area contributed by atoms with E-state index in [0.29, 0.717) is 6.04 Å². The molecule has 136 valence electrons. The molecule has 0 radical (unpaired) electrons. The highest BCUT2D eigenvalue weighted by atomic mass is 16.5. The van der Waals surface area contributed by atoms with Gasteiger partial charge >= 0.3 is 0 Å². The van der Waals surface area contributed by atoms with Crippen LogP contribution in [0.1, 0.15) is 41.4 Å². The molecule has 0 fully saturated rings. The number of ether oxygens (including phenoxy) is 1. The van der Waals surface area contributed by atoms with Crippen LogP contribution in [0.2, 0.25) is 0 Å². The van der Waals surface area contributed by atoms with Crippen LogP contribution in [-0.2, 0) is 12.8 Å². The van der Waals surface area contributed by atoms with Gasteiger partial charge in [-0.2, -0.15) is 0 Å². The second kappa shape index (κ2) is 6.69. The standard InChI is InChI=1S/C23H23N3O/c1-15-24-21(17-9-10-22-18(13-17)11-12-27-22)14-23(25-15)26-20-8-4-6-16-5-2-3-7-19(16)20/h2-3,5,7,9-10,13-14,20H,4,6,8,11-12H2,1H3,(H,24,25,26)/t20-/m1/s1. The lowest BCUT2D eigenvalue weighted by molar-refractivity contribution is 0.357. The third kappa shape index (κ3) is 3.16. The number of nitrogens with one attached hydrogen (secondary N) is 1. The monoisotopic (exact) mass is 357 g/mol. The van der Waals surface area contributed by atoms with Crippen LogP contribution in [0.15, 0.2) is 48.5 Å². The topological polar surface area (TPSA) is 47.0 Å². The highest BCUT2D eigenvalue weighted by Gasteiger charge is 2.20. The van der Waals surface area contributed by atoms with Gasteiger partial charge in [-0.25, -0.2) is 9.97 Å². The minimum atomic E-state index is 0.311. The van der Waals surface area contributed by atoms with Crippen LogP contribution in [-0.4, -0.2) is 16.6 Å². The first-order valence-electron chi connectivity index (χ1n) is 9.72. The van der Waals surface area contributed by atoms with Crippen LogP contribution >= 0.6 is 0 Å². The van der Waals surface area contributed by atoms with Crippen LogP contribution in [0.5, 0.6) is 5.75 Å². The largest absolute Gasteiger partial charge is 0.493 e. The van der Waals surface area contributed by atoms with Gasteiger partial charge in [0, 0.05) is 18.1 Å². The predicted octanol–water partition coefficient (Wildman–Crippen LogP) is 4.88. The second-order valence-corrected chi connectivity index (χ2v) is 7.39. The number of aromatic nitrogens is 2. The van der Waals surface area contributed by atoms with E-state index in [1.54, 1.807) is 0 Å². The Balaban J connectivity index is 1.46. The van der Waals surface area contributed by atoms with Gasteiger partial charge in [0.1, 0.15) is 17.4 Å². The fraction of sp³-hybridized carbons (Fsp3) is 0.304. The SMILES string of the molecule is Cc1nc(N[C@@H]2CCCc3ccccc32)cc(-c2ccc3c(c2)CCO3)n1. The number of hydrogen-bond acceptors (Lipinski definition) is 4. The molecule has 2 heterocycles. The lowest BCUT2D eigenvalue weighted by Crippen LogP contribution is -2.18. The van der Waals surface area contributed by atoms with Crippen LogP contribution in [0.25, 0.3) is 11.3 Å². The molecule has 1 N–H and O–H groups in total. The quantitative estimate of drug-likeness (QED) is 0.726. The number of aryl methyl sites for hydroxylation is 2. The van der Waals surface area contributed by atoms with E-state index >= 15 is 0 Å². The fourth-order valence-corrected chi connectivity index (χ4v) is 4.22. The summed E-state index contributed by atoms with van der Waals surface area (Å²) in [6.45, 7) is 2.73. The average molecular weight is 357 g/mol. The summed E-state index contributed by atoms with van der Waals surface area (Å²) in [4.78, 5) is 9.33. The molecule has 27 heavy (non-hydrogen) atoms. The molecule has 0 unspecified atom stereocenters. The molecular weight excluding hydrogens is 334 g/mol. The van der Waals surface area contributed by atoms with E-state index in [4.69, 9.17) is 4.74 Å². The molecule has 0 saturated heterocycles. The van der Waals surface area contributed by atoms with Gasteiger partial charge in [-0.3, -0.25) is 0 Å². The summed E-state index contributed by atoms with van der Waals surface area (Å²) in [5.41, 5.74) is 6.20. The first kappa shape index (κ1) is 16.3. The van der Waals surface area contributed by atoms with Gasteiger partial charge in [-0.05, 0) is 61.1 Å². The van der Waals surface area contributed by atoms with E-state index in [2.05, 4.69) is 63.8 Å². The Kier molecular flexibility index (Phi) is 4.04. The molecule has 1 atom stereocenters. The normalized spacial score (nSPS) is 17.7. The zero-order chi connectivity index (χ0) is 18.2. The second-order valence-electron chi connectivity index (χ2n) is 7.39. The Morgan fingerprint density at radius 3 is 2.89 bits per heavy atom. The molecule has 0 bridgehead atoms. The fourth-order valence-electron chi connectivity index (χ4n) is 4.22. The van der Waals surface area contributed by atoms with Crippen molar-refractivity contribution in [2.75, 3.05) is 11.9 Å². The molecule has 2 aromatic carbocycles. The highest BCUT2D eigenvalue weighted by molar-refractivity contribution is 5.65. The summed E-state index contributed by atoms with van der Waals surface area (Å²) < 4.78 is 5.63. The number of benzene rings is 2. The average Bonchev–Trinajstić information content (AvgIpc) is 3.16. The molecule has 0 saturated carbocycles. The molecule has 1 aliphatic carbocycles. The third-order valence-electron chi connectivity index (χ3n) is 5.51. The van der Waals surface area contributed by atoms with Gasteiger partial charge in [-0.1, -0.05) is 24.3 Å². The van der Waals surface area contributed by atoms with Crippen molar-refractivity contribution in [2.45, 2.75) is 38.6 Å². The first-order chi connectivity index (χ1) is 13.3. The third-order valence-corrected chi connectivity index (χ3v) is 5.51. The zero-order valence-electron chi connectivity index (χ0n) is 15.5. The molecule has 0 spiro atoms. The van der Waals surface area contributed by atoms with Crippen LogP contribution in [0.4, 0.5) is 5.82 Å². The molecular formula is C23H23N3O. The number of nitrogens with zero attached hydrogens (tertiary/aromatic N) is 2. The summed E-state index contributed by atoms with van der Waals surface area (Å²) >= 11 is 0. The maximum absolute atomic E-state index is 5.63. The lowest BCUT2D eigenvalue weighted by Gasteiger charge is -2.27. The highest BCUT2D eigenvalue weighted by Crippen LogP contribution is 2.34.